The van der Waals surface area contributed by atoms with Gasteiger partial charge in [0.25, 0.3) is 5.91 Å². The predicted octanol–water partition coefficient (Wildman–Crippen LogP) is -0.734. The van der Waals surface area contributed by atoms with Gasteiger partial charge in [-0.1, -0.05) is 5.16 Å². The van der Waals surface area contributed by atoms with Crippen molar-refractivity contribution in [1.82, 2.24) is 5.16 Å². The normalized spacial score (nSPS) is 9.70. The molecule has 0 aromatic carbocycles. The molecular weight excluding hydrogens is 136 g/mol. The van der Waals surface area contributed by atoms with Gasteiger partial charge in [0, 0.05) is 6.07 Å². The van der Waals surface area contributed by atoms with Crippen LogP contribution in [0, 0.1) is 0 Å². The Morgan fingerprint density at radius 1 is 1.90 bits per heavy atom. The molecule has 10 heavy (non-hydrogen) atoms. The zero-order chi connectivity index (χ0) is 7.56. The number of rotatable bonds is 2. The van der Waals surface area contributed by atoms with Crippen molar-refractivity contribution in [3.05, 3.63) is 17.5 Å². The molecule has 0 spiro atoms. The van der Waals surface area contributed by atoms with Gasteiger partial charge in [0.05, 0.1) is 0 Å². The Morgan fingerprint density at radius 3 is 2.90 bits per heavy atom. The Bertz CT molecular complexity index is 243. The number of aliphatic hydroxyl groups excluding tert-OH is 1. The molecule has 1 aromatic heterocycles. The van der Waals surface area contributed by atoms with E-state index in [1.165, 1.54) is 6.07 Å². The lowest BCUT2D eigenvalue weighted by atomic mass is 10.4. The third-order valence-corrected chi connectivity index (χ3v) is 0.967. The molecule has 0 bridgehead atoms. The number of primary amides is 1. The van der Waals surface area contributed by atoms with Crippen molar-refractivity contribution in [3.63, 3.8) is 0 Å². The Labute approximate surface area is 56.4 Å². The summed E-state index contributed by atoms with van der Waals surface area (Å²) in [5.41, 5.74) is 4.87. The van der Waals surface area contributed by atoms with Gasteiger partial charge in [-0.25, -0.2) is 0 Å². The molecule has 0 aliphatic carbocycles. The maximum atomic E-state index is 10.3. The molecule has 1 aromatic rings. The summed E-state index contributed by atoms with van der Waals surface area (Å²) < 4.78 is 4.47. The van der Waals surface area contributed by atoms with Crippen LogP contribution in [0.1, 0.15) is 16.2 Å². The highest BCUT2D eigenvalue weighted by atomic mass is 16.5. The second-order valence-electron chi connectivity index (χ2n) is 1.70. The molecule has 1 heterocycles. The fourth-order valence-electron chi connectivity index (χ4n) is 0.504. The largest absolute Gasteiger partial charge is 0.388 e. The molecule has 0 aliphatic heterocycles. The average Bonchev–Trinajstić information content (AvgIpc) is 2.34. The molecule has 0 unspecified atom stereocenters. The maximum absolute atomic E-state index is 10.3. The number of aromatic nitrogens is 1. The summed E-state index contributed by atoms with van der Waals surface area (Å²) in [6, 6.07) is 1.29. The van der Waals surface area contributed by atoms with Gasteiger partial charge in [-0.15, -0.1) is 0 Å². The topological polar surface area (TPSA) is 89.4 Å². The summed E-state index contributed by atoms with van der Waals surface area (Å²) in [6.45, 7) is -0.277. The summed E-state index contributed by atoms with van der Waals surface area (Å²) in [4.78, 5) is 10.3. The monoisotopic (exact) mass is 142 g/mol. The highest BCUT2D eigenvalue weighted by Gasteiger charge is 2.06. The second-order valence-corrected chi connectivity index (χ2v) is 1.70. The number of nitrogens with two attached hydrogens (primary N) is 1. The average molecular weight is 142 g/mol. The van der Waals surface area contributed by atoms with E-state index in [9.17, 15) is 4.79 Å². The zero-order valence-corrected chi connectivity index (χ0v) is 5.07. The molecule has 0 radical (unpaired) electrons. The van der Waals surface area contributed by atoms with Crippen molar-refractivity contribution >= 4 is 5.91 Å². The lowest BCUT2D eigenvalue weighted by molar-refractivity contribution is 0.0991. The quantitative estimate of drug-likeness (QED) is 0.569. The van der Waals surface area contributed by atoms with Crippen LogP contribution in [0.3, 0.4) is 0 Å². The van der Waals surface area contributed by atoms with E-state index in [0.717, 1.165) is 0 Å². The van der Waals surface area contributed by atoms with Gasteiger partial charge in [0.2, 0.25) is 0 Å². The first-order valence-electron chi connectivity index (χ1n) is 2.60. The number of carbonyl (C=O) groups excluding carboxylic acids is 1. The number of hydrogen-bond donors (Lipinski definition) is 2. The van der Waals surface area contributed by atoms with Crippen molar-refractivity contribution in [2.75, 3.05) is 0 Å². The highest BCUT2D eigenvalue weighted by Crippen LogP contribution is 2.01. The van der Waals surface area contributed by atoms with Crippen LogP contribution in [0.25, 0.3) is 0 Å². The van der Waals surface area contributed by atoms with Gasteiger partial charge in [0.15, 0.2) is 11.5 Å². The molecule has 0 saturated heterocycles. The zero-order valence-electron chi connectivity index (χ0n) is 5.07. The van der Waals surface area contributed by atoms with Crippen LogP contribution in [-0.4, -0.2) is 16.2 Å². The molecule has 1 amide bonds. The highest BCUT2D eigenvalue weighted by molar-refractivity contribution is 5.90. The summed E-state index contributed by atoms with van der Waals surface area (Å²) in [5.74, 6) is -0.433. The molecule has 0 aliphatic rings. The van der Waals surface area contributed by atoms with Crippen LogP contribution in [0.15, 0.2) is 10.6 Å². The van der Waals surface area contributed by atoms with Crippen LogP contribution in [-0.2, 0) is 6.61 Å². The Kier molecular flexibility index (Phi) is 1.68. The SMILES string of the molecule is NC(=O)c1cc(CO)on1. The molecule has 54 valence electrons. The van der Waals surface area contributed by atoms with E-state index in [4.69, 9.17) is 10.8 Å². The van der Waals surface area contributed by atoms with Gasteiger partial charge in [-0.2, -0.15) is 0 Å². The summed E-state index contributed by atoms with van der Waals surface area (Å²) in [5, 5.41) is 11.7. The van der Waals surface area contributed by atoms with Gasteiger partial charge in [-0.3, -0.25) is 4.79 Å². The molecule has 1 rings (SSSR count). The molecule has 3 N–H and O–H groups in total. The molecule has 0 atom stereocenters. The molecule has 5 nitrogen and oxygen atoms in total. The lowest BCUT2D eigenvalue weighted by Crippen LogP contribution is -2.10. The number of carbonyl (C=O) groups is 1. The van der Waals surface area contributed by atoms with Crippen molar-refractivity contribution < 1.29 is 14.4 Å². The third kappa shape index (κ3) is 1.14. The van der Waals surface area contributed by atoms with Crippen molar-refractivity contribution in [3.8, 4) is 0 Å². The van der Waals surface area contributed by atoms with Crippen molar-refractivity contribution in [1.29, 1.82) is 0 Å². The van der Waals surface area contributed by atoms with E-state index in [2.05, 4.69) is 9.68 Å². The summed E-state index contributed by atoms with van der Waals surface area (Å²) in [6.07, 6.45) is 0. The predicted molar refractivity (Wildman–Crippen MR) is 30.9 cm³/mol. The minimum atomic E-state index is -0.663. The van der Waals surface area contributed by atoms with E-state index in [1.807, 2.05) is 0 Å². The smallest absolute Gasteiger partial charge is 0.270 e. The van der Waals surface area contributed by atoms with Crippen LogP contribution < -0.4 is 5.73 Å². The molecule has 5 heteroatoms. The number of amides is 1. The first kappa shape index (κ1) is 6.76. The van der Waals surface area contributed by atoms with Gasteiger partial charge in [-0.05, 0) is 0 Å². The van der Waals surface area contributed by atoms with E-state index in [0.29, 0.717) is 0 Å². The van der Waals surface area contributed by atoms with Crippen LogP contribution in [0.2, 0.25) is 0 Å². The minimum absolute atomic E-state index is 0.0315. The summed E-state index contributed by atoms with van der Waals surface area (Å²) >= 11 is 0. The maximum Gasteiger partial charge on any atom is 0.270 e. The molecule has 0 fully saturated rings. The molecule has 0 saturated carbocycles. The van der Waals surface area contributed by atoms with Crippen LogP contribution in [0.4, 0.5) is 0 Å². The fraction of sp³-hybridized carbons (Fsp3) is 0.200. The van der Waals surface area contributed by atoms with Crippen LogP contribution in [0.5, 0.6) is 0 Å². The second kappa shape index (κ2) is 2.49. The van der Waals surface area contributed by atoms with Gasteiger partial charge in [0.1, 0.15) is 6.61 Å². The Hall–Kier alpha value is -1.36. The lowest BCUT2D eigenvalue weighted by Gasteiger charge is -1.78. The first-order chi connectivity index (χ1) is 4.74. The van der Waals surface area contributed by atoms with Gasteiger partial charge < -0.3 is 15.4 Å². The van der Waals surface area contributed by atoms with Crippen LogP contribution >= 0.6 is 0 Å². The van der Waals surface area contributed by atoms with E-state index in [1.54, 1.807) is 0 Å². The van der Waals surface area contributed by atoms with E-state index in [-0.39, 0.29) is 18.1 Å². The minimum Gasteiger partial charge on any atom is -0.388 e. The van der Waals surface area contributed by atoms with Crippen molar-refractivity contribution in [2.24, 2.45) is 5.73 Å². The van der Waals surface area contributed by atoms with Gasteiger partial charge >= 0.3 is 0 Å². The van der Waals surface area contributed by atoms with E-state index < -0.39 is 5.91 Å². The summed E-state index contributed by atoms with van der Waals surface area (Å²) in [7, 11) is 0. The Balaban J connectivity index is 2.88. The fourth-order valence-corrected chi connectivity index (χ4v) is 0.504. The third-order valence-electron chi connectivity index (χ3n) is 0.967. The first-order valence-corrected chi connectivity index (χ1v) is 2.60. The number of nitrogens with zero attached hydrogens (tertiary/aromatic N) is 1. The standard InChI is InChI=1S/C5H6N2O3/c6-5(9)4-1-3(2-8)10-7-4/h1,8H,2H2,(H2,6,9). The van der Waals surface area contributed by atoms with E-state index >= 15 is 0 Å². The molecular formula is C5H6N2O3. The van der Waals surface area contributed by atoms with Crippen molar-refractivity contribution in [2.45, 2.75) is 6.61 Å². The Morgan fingerprint density at radius 2 is 2.60 bits per heavy atom. The number of hydrogen-bond acceptors (Lipinski definition) is 4. The number of aliphatic hydroxyl groups is 1.